The largest absolute Gasteiger partial charge is 0.497 e. The molecule has 9 nitrogen and oxygen atoms in total. The van der Waals surface area contributed by atoms with Crippen molar-refractivity contribution in [2.75, 3.05) is 18.6 Å². The smallest absolute Gasteiger partial charge is 0.352 e. The molecule has 0 aliphatic carbocycles. The normalized spacial score (nSPS) is 21.1. The lowest BCUT2D eigenvalue weighted by atomic mass is 10.0. The van der Waals surface area contributed by atoms with Crippen molar-refractivity contribution < 1.29 is 19.4 Å². The molecular formula is C18H19N5O4S2. The molecule has 152 valence electrons. The molecule has 1 fully saturated rings. The van der Waals surface area contributed by atoms with Crippen molar-refractivity contribution in [3.8, 4) is 17.1 Å². The van der Waals surface area contributed by atoms with Crippen LogP contribution in [0, 0.1) is 0 Å². The number of nitrogens with two attached hydrogens (primary N) is 1. The Hall–Kier alpha value is -2.50. The SMILES string of the molecule is COc1ccc(-c2nnc(SCC3=C(C(=O)O)N4C(=O)[C@@H](N)C4SC3)n2C)cc1. The summed E-state index contributed by atoms with van der Waals surface area (Å²) >= 11 is 2.88. The van der Waals surface area contributed by atoms with Gasteiger partial charge in [-0.1, -0.05) is 11.8 Å². The maximum absolute atomic E-state index is 12.0. The summed E-state index contributed by atoms with van der Waals surface area (Å²) in [5, 5.41) is 18.5. The minimum absolute atomic E-state index is 0.0468. The Bertz CT molecular complexity index is 1000. The molecule has 2 aliphatic rings. The van der Waals surface area contributed by atoms with Crippen molar-refractivity contribution in [1.29, 1.82) is 0 Å². The summed E-state index contributed by atoms with van der Waals surface area (Å²) in [6.45, 7) is 0. The summed E-state index contributed by atoms with van der Waals surface area (Å²) in [5.41, 5.74) is 7.41. The summed E-state index contributed by atoms with van der Waals surface area (Å²) in [4.78, 5) is 25.1. The van der Waals surface area contributed by atoms with E-state index in [1.54, 1.807) is 7.11 Å². The Kier molecular flexibility index (Phi) is 5.28. The lowest BCUT2D eigenvalue weighted by molar-refractivity contribution is -0.147. The minimum atomic E-state index is -1.11. The van der Waals surface area contributed by atoms with Gasteiger partial charge in [0.25, 0.3) is 0 Å². The van der Waals surface area contributed by atoms with E-state index >= 15 is 0 Å². The lowest BCUT2D eigenvalue weighted by Gasteiger charge is -2.48. The van der Waals surface area contributed by atoms with Crippen molar-refractivity contribution in [3.63, 3.8) is 0 Å². The molecule has 2 aromatic rings. The molecule has 2 atom stereocenters. The van der Waals surface area contributed by atoms with Gasteiger partial charge in [-0.2, -0.15) is 0 Å². The van der Waals surface area contributed by atoms with Gasteiger partial charge in [0.2, 0.25) is 5.91 Å². The van der Waals surface area contributed by atoms with Gasteiger partial charge in [-0.05, 0) is 29.8 Å². The van der Waals surface area contributed by atoms with Crippen LogP contribution in [0.2, 0.25) is 0 Å². The van der Waals surface area contributed by atoms with Crippen LogP contribution in [0.1, 0.15) is 0 Å². The van der Waals surface area contributed by atoms with E-state index < -0.39 is 12.0 Å². The van der Waals surface area contributed by atoms with E-state index in [2.05, 4.69) is 10.2 Å². The number of amides is 1. The first-order valence-electron chi connectivity index (χ1n) is 8.74. The number of hydrogen-bond donors (Lipinski definition) is 2. The fourth-order valence-corrected chi connectivity index (χ4v) is 5.62. The van der Waals surface area contributed by atoms with Crippen molar-refractivity contribution in [2.24, 2.45) is 12.8 Å². The number of fused-ring (bicyclic) bond motifs is 1. The number of methoxy groups -OCH3 is 1. The Morgan fingerprint density at radius 3 is 2.76 bits per heavy atom. The maximum atomic E-state index is 12.0. The highest BCUT2D eigenvalue weighted by molar-refractivity contribution is 8.01. The van der Waals surface area contributed by atoms with Gasteiger partial charge in [0.1, 0.15) is 22.9 Å². The highest BCUT2D eigenvalue weighted by Crippen LogP contribution is 2.40. The fraction of sp³-hybridized carbons (Fsp3) is 0.333. The first-order chi connectivity index (χ1) is 13.9. The van der Waals surface area contributed by atoms with Crippen LogP contribution < -0.4 is 10.5 Å². The first-order valence-corrected chi connectivity index (χ1v) is 10.8. The minimum Gasteiger partial charge on any atom is -0.497 e. The third-order valence-corrected chi connectivity index (χ3v) is 7.32. The molecule has 1 aromatic heterocycles. The number of aromatic nitrogens is 3. The van der Waals surface area contributed by atoms with Crippen LogP contribution in [0.3, 0.4) is 0 Å². The lowest BCUT2D eigenvalue weighted by Crippen LogP contribution is -2.68. The maximum Gasteiger partial charge on any atom is 0.352 e. The number of hydrogen-bond acceptors (Lipinski definition) is 8. The van der Waals surface area contributed by atoms with Crippen LogP contribution in [0.4, 0.5) is 0 Å². The number of rotatable bonds is 6. The standard InChI is InChI=1S/C18H19N5O4S2/c1-22-14(9-3-5-11(27-2)6-4-9)20-21-18(22)29-8-10-7-28-16-12(19)15(24)23(16)13(10)17(25)26/h3-6,12,16H,7-8,19H2,1-2H3,(H,25,26)/t12-,16?/m1/s1. The van der Waals surface area contributed by atoms with Gasteiger partial charge >= 0.3 is 5.97 Å². The second-order valence-electron chi connectivity index (χ2n) is 6.58. The molecule has 29 heavy (non-hydrogen) atoms. The zero-order chi connectivity index (χ0) is 20.7. The number of nitrogens with zero attached hydrogens (tertiary/aromatic N) is 4. The summed E-state index contributed by atoms with van der Waals surface area (Å²) in [5.74, 6) is 0.914. The van der Waals surface area contributed by atoms with Crippen molar-refractivity contribution in [3.05, 3.63) is 35.5 Å². The molecule has 4 rings (SSSR count). The zero-order valence-electron chi connectivity index (χ0n) is 15.7. The highest BCUT2D eigenvalue weighted by Gasteiger charge is 2.51. The Labute approximate surface area is 175 Å². The number of aliphatic carboxylic acids is 1. The average molecular weight is 434 g/mol. The van der Waals surface area contributed by atoms with Gasteiger partial charge in [-0.25, -0.2) is 4.79 Å². The van der Waals surface area contributed by atoms with Gasteiger partial charge < -0.3 is 20.1 Å². The molecule has 1 amide bonds. The number of carbonyl (C=O) groups excluding carboxylic acids is 1. The second-order valence-corrected chi connectivity index (χ2v) is 8.62. The van der Waals surface area contributed by atoms with E-state index in [1.165, 1.54) is 28.4 Å². The van der Waals surface area contributed by atoms with E-state index in [0.717, 1.165) is 11.3 Å². The van der Waals surface area contributed by atoms with E-state index in [0.29, 0.717) is 28.1 Å². The van der Waals surface area contributed by atoms with Gasteiger partial charge in [0.05, 0.1) is 7.11 Å². The van der Waals surface area contributed by atoms with Crippen molar-refractivity contribution in [2.45, 2.75) is 16.6 Å². The molecule has 1 aromatic carbocycles. The third kappa shape index (κ3) is 3.38. The van der Waals surface area contributed by atoms with Crippen LogP contribution in [0.15, 0.2) is 40.7 Å². The van der Waals surface area contributed by atoms with Crippen LogP contribution >= 0.6 is 23.5 Å². The number of carboxylic acid groups (broad SMARTS) is 1. The molecule has 0 spiro atoms. The number of β-lactam (4-membered cyclic amide) rings is 1. The molecule has 3 N–H and O–H groups in total. The molecule has 2 aliphatic heterocycles. The number of benzene rings is 1. The summed E-state index contributed by atoms with van der Waals surface area (Å²) in [6.07, 6.45) is 0. The molecule has 3 heterocycles. The molecular weight excluding hydrogens is 414 g/mol. The summed E-state index contributed by atoms with van der Waals surface area (Å²) < 4.78 is 7.03. The number of ether oxygens (including phenoxy) is 1. The number of thioether (sulfide) groups is 2. The van der Waals surface area contributed by atoms with Crippen molar-refractivity contribution >= 4 is 35.4 Å². The van der Waals surface area contributed by atoms with Crippen LogP contribution in [-0.2, 0) is 16.6 Å². The first kappa shape index (κ1) is 19.8. The topological polar surface area (TPSA) is 124 Å². The molecule has 0 saturated carbocycles. The van der Waals surface area contributed by atoms with Crippen LogP contribution in [0.5, 0.6) is 5.75 Å². The average Bonchev–Trinajstić information content (AvgIpc) is 3.11. The quantitative estimate of drug-likeness (QED) is 0.510. The molecule has 11 heteroatoms. The third-order valence-electron chi connectivity index (χ3n) is 4.85. The van der Waals surface area contributed by atoms with Crippen LogP contribution in [-0.4, -0.2) is 66.7 Å². The molecule has 0 radical (unpaired) electrons. The van der Waals surface area contributed by atoms with E-state index in [-0.39, 0.29) is 17.0 Å². The highest BCUT2D eigenvalue weighted by atomic mass is 32.2. The van der Waals surface area contributed by atoms with Gasteiger partial charge in [-0.15, -0.1) is 22.0 Å². The molecule has 0 bridgehead atoms. The van der Waals surface area contributed by atoms with E-state index in [9.17, 15) is 14.7 Å². The fourth-order valence-electron chi connectivity index (χ4n) is 3.27. The Morgan fingerprint density at radius 1 is 1.38 bits per heavy atom. The molecule has 1 unspecified atom stereocenters. The zero-order valence-corrected chi connectivity index (χ0v) is 17.4. The monoisotopic (exact) mass is 433 g/mol. The van der Waals surface area contributed by atoms with Crippen molar-refractivity contribution in [1.82, 2.24) is 19.7 Å². The Morgan fingerprint density at radius 2 is 2.10 bits per heavy atom. The Balaban J connectivity index is 1.53. The van der Waals surface area contributed by atoms with Gasteiger partial charge in [0, 0.05) is 24.1 Å². The summed E-state index contributed by atoms with van der Waals surface area (Å²) in [6, 6.07) is 6.88. The van der Waals surface area contributed by atoms with Crippen LogP contribution in [0.25, 0.3) is 11.4 Å². The van der Waals surface area contributed by atoms with E-state index in [4.69, 9.17) is 10.5 Å². The van der Waals surface area contributed by atoms with Gasteiger partial charge in [-0.3, -0.25) is 9.69 Å². The van der Waals surface area contributed by atoms with E-state index in [1.807, 2.05) is 35.9 Å². The second kappa shape index (κ2) is 7.73. The predicted octanol–water partition coefficient (Wildman–Crippen LogP) is 1.16. The summed E-state index contributed by atoms with van der Waals surface area (Å²) in [7, 11) is 3.47. The number of carbonyl (C=O) groups is 2. The molecule has 1 saturated heterocycles. The number of carboxylic acids is 1. The van der Waals surface area contributed by atoms with Gasteiger partial charge in [0.15, 0.2) is 11.0 Å². The predicted molar refractivity (Wildman–Crippen MR) is 109 cm³/mol.